The van der Waals surface area contributed by atoms with Crippen molar-refractivity contribution in [1.29, 1.82) is 0 Å². The molecule has 2 aromatic carbocycles. The molecule has 0 saturated heterocycles. The Morgan fingerprint density at radius 1 is 1.16 bits per heavy atom. The molecular weight excluding hydrogens is 331 g/mol. The van der Waals surface area contributed by atoms with Crippen molar-refractivity contribution in [2.45, 2.75) is 39.5 Å². The highest BCUT2D eigenvalue weighted by Gasteiger charge is 2.34. The van der Waals surface area contributed by atoms with Crippen LogP contribution in [-0.2, 0) is 11.0 Å². The van der Waals surface area contributed by atoms with Crippen LogP contribution in [0.5, 0.6) is 5.75 Å². The van der Waals surface area contributed by atoms with Gasteiger partial charge in [0.15, 0.2) is 6.10 Å². The lowest BCUT2D eigenvalue weighted by molar-refractivity contribution is -0.137. The van der Waals surface area contributed by atoms with E-state index in [0.29, 0.717) is 12.2 Å². The first-order valence-electron chi connectivity index (χ1n) is 7.93. The second-order valence-corrected chi connectivity index (χ2v) is 5.82. The second-order valence-electron chi connectivity index (χ2n) is 5.82. The van der Waals surface area contributed by atoms with Gasteiger partial charge < -0.3 is 10.1 Å². The van der Waals surface area contributed by atoms with Gasteiger partial charge >= 0.3 is 6.18 Å². The van der Waals surface area contributed by atoms with E-state index in [0.717, 1.165) is 17.2 Å². The molecule has 0 aliphatic heterocycles. The topological polar surface area (TPSA) is 38.3 Å². The smallest absolute Gasteiger partial charge is 0.418 e. The van der Waals surface area contributed by atoms with Gasteiger partial charge in [0.2, 0.25) is 0 Å². The number of aryl methyl sites for hydroxylation is 2. The third-order valence-corrected chi connectivity index (χ3v) is 3.75. The molecule has 25 heavy (non-hydrogen) atoms. The van der Waals surface area contributed by atoms with Gasteiger partial charge in [0.05, 0.1) is 11.3 Å². The van der Waals surface area contributed by atoms with E-state index in [-0.39, 0.29) is 5.69 Å². The largest absolute Gasteiger partial charge is 0.480 e. The lowest BCUT2D eigenvalue weighted by Gasteiger charge is -2.20. The van der Waals surface area contributed by atoms with Crippen LogP contribution >= 0.6 is 0 Å². The molecule has 0 fully saturated rings. The molecule has 0 unspecified atom stereocenters. The van der Waals surface area contributed by atoms with Crippen LogP contribution in [0.15, 0.2) is 42.5 Å². The number of hydrogen-bond acceptors (Lipinski definition) is 2. The Labute approximate surface area is 144 Å². The van der Waals surface area contributed by atoms with E-state index in [1.54, 1.807) is 13.0 Å². The minimum atomic E-state index is -4.54. The van der Waals surface area contributed by atoms with Crippen molar-refractivity contribution in [2.75, 3.05) is 5.32 Å². The number of carbonyl (C=O) groups excluding carboxylic acids is 1. The quantitative estimate of drug-likeness (QED) is 0.812. The lowest BCUT2D eigenvalue weighted by Crippen LogP contribution is -2.33. The first-order chi connectivity index (χ1) is 11.7. The Morgan fingerprint density at radius 2 is 1.84 bits per heavy atom. The fourth-order valence-corrected chi connectivity index (χ4v) is 2.46. The summed E-state index contributed by atoms with van der Waals surface area (Å²) in [5.41, 5.74) is 0.760. The van der Waals surface area contributed by atoms with Crippen molar-refractivity contribution in [3.63, 3.8) is 0 Å². The van der Waals surface area contributed by atoms with Gasteiger partial charge in [-0.15, -0.1) is 0 Å². The van der Waals surface area contributed by atoms with Crippen molar-refractivity contribution in [1.82, 2.24) is 0 Å². The number of benzene rings is 2. The van der Waals surface area contributed by atoms with E-state index < -0.39 is 23.8 Å². The second kappa shape index (κ2) is 7.59. The molecule has 1 atom stereocenters. The maximum atomic E-state index is 13.0. The molecule has 0 radical (unpaired) electrons. The molecule has 134 valence electrons. The van der Waals surface area contributed by atoms with Crippen molar-refractivity contribution >= 4 is 11.6 Å². The van der Waals surface area contributed by atoms with Gasteiger partial charge in [0.25, 0.3) is 5.91 Å². The molecule has 0 spiro atoms. The van der Waals surface area contributed by atoms with Gasteiger partial charge in [-0.25, -0.2) is 0 Å². The summed E-state index contributed by atoms with van der Waals surface area (Å²) in [6.07, 6.45) is -5.10. The fraction of sp³-hybridized carbons (Fsp3) is 0.316. The number of amides is 1. The number of para-hydroxylation sites is 1. The number of carbonyl (C=O) groups is 1. The number of hydrogen-bond donors (Lipinski definition) is 1. The number of nitrogens with one attached hydrogen (secondary N) is 1. The van der Waals surface area contributed by atoms with Crippen LogP contribution in [-0.4, -0.2) is 12.0 Å². The van der Waals surface area contributed by atoms with Crippen LogP contribution in [0.4, 0.5) is 18.9 Å². The van der Waals surface area contributed by atoms with Crippen molar-refractivity contribution < 1.29 is 22.7 Å². The number of ether oxygens (including phenoxy) is 1. The van der Waals surface area contributed by atoms with E-state index in [1.807, 2.05) is 26.0 Å². The number of anilines is 1. The van der Waals surface area contributed by atoms with E-state index in [4.69, 9.17) is 4.74 Å². The molecule has 6 heteroatoms. The normalized spacial score (nSPS) is 12.6. The highest BCUT2D eigenvalue weighted by Crippen LogP contribution is 2.34. The minimum absolute atomic E-state index is 0.275. The third kappa shape index (κ3) is 4.75. The Morgan fingerprint density at radius 3 is 2.44 bits per heavy atom. The van der Waals surface area contributed by atoms with Gasteiger partial charge in [-0.1, -0.05) is 36.8 Å². The predicted octanol–water partition coefficient (Wildman–Crippen LogP) is 5.12. The van der Waals surface area contributed by atoms with Crippen LogP contribution in [0.25, 0.3) is 0 Å². The predicted molar refractivity (Wildman–Crippen MR) is 90.7 cm³/mol. The first-order valence-corrected chi connectivity index (χ1v) is 7.93. The molecule has 0 aliphatic carbocycles. The minimum Gasteiger partial charge on any atom is -0.480 e. The molecule has 2 rings (SSSR count). The Balaban J connectivity index is 2.18. The molecular formula is C19H20F3NO2. The van der Waals surface area contributed by atoms with Crippen LogP contribution in [0, 0.1) is 13.8 Å². The van der Waals surface area contributed by atoms with Crippen molar-refractivity contribution in [3.8, 4) is 5.75 Å². The molecule has 0 aromatic heterocycles. The van der Waals surface area contributed by atoms with Gasteiger partial charge in [0, 0.05) is 0 Å². The summed E-state index contributed by atoms with van der Waals surface area (Å²) in [5.74, 6) is -0.0733. The Bertz CT molecular complexity index is 757. The number of alkyl halides is 3. The Kier molecular flexibility index (Phi) is 5.72. The van der Waals surface area contributed by atoms with E-state index in [9.17, 15) is 18.0 Å². The summed E-state index contributed by atoms with van der Waals surface area (Å²) >= 11 is 0. The molecule has 1 amide bonds. The van der Waals surface area contributed by atoms with Crippen molar-refractivity contribution in [2.24, 2.45) is 0 Å². The average molecular weight is 351 g/mol. The zero-order valence-corrected chi connectivity index (χ0v) is 14.3. The van der Waals surface area contributed by atoms with E-state index >= 15 is 0 Å². The van der Waals surface area contributed by atoms with Crippen LogP contribution in [0.2, 0.25) is 0 Å². The van der Waals surface area contributed by atoms with E-state index in [1.165, 1.54) is 18.2 Å². The Hall–Kier alpha value is -2.50. The molecule has 1 N–H and O–H groups in total. The van der Waals surface area contributed by atoms with Crippen LogP contribution in [0.3, 0.4) is 0 Å². The SMILES string of the molecule is CC[C@H](Oc1ccc(C)cc1C)C(=O)Nc1ccccc1C(F)(F)F. The third-order valence-electron chi connectivity index (χ3n) is 3.75. The van der Waals surface area contributed by atoms with Gasteiger partial charge in [-0.3, -0.25) is 4.79 Å². The summed E-state index contributed by atoms with van der Waals surface area (Å²) in [5, 5.41) is 2.34. The summed E-state index contributed by atoms with van der Waals surface area (Å²) in [6.45, 7) is 5.53. The standard InChI is InChI=1S/C19H20F3NO2/c1-4-16(25-17-10-9-12(2)11-13(17)3)18(24)23-15-8-6-5-7-14(15)19(20,21)22/h5-11,16H,4H2,1-3H3,(H,23,24)/t16-/m0/s1. The molecule has 0 bridgehead atoms. The van der Waals surface area contributed by atoms with E-state index in [2.05, 4.69) is 5.32 Å². The zero-order chi connectivity index (χ0) is 18.6. The molecule has 3 nitrogen and oxygen atoms in total. The molecule has 2 aromatic rings. The molecule has 0 saturated carbocycles. The number of halogens is 3. The lowest BCUT2D eigenvalue weighted by atomic mass is 10.1. The summed E-state index contributed by atoms with van der Waals surface area (Å²) in [7, 11) is 0. The maximum Gasteiger partial charge on any atom is 0.418 e. The fourth-order valence-electron chi connectivity index (χ4n) is 2.46. The summed E-state index contributed by atoms with van der Waals surface area (Å²) in [6, 6.07) is 10.4. The van der Waals surface area contributed by atoms with Crippen molar-refractivity contribution in [3.05, 3.63) is 59.2 Å². The summed E-state index contributed by atoms with van der Waals surface area (Å²) in [4.78, 5) is 12.4. The van der Waals surface area contributed by atoms with Crippen LogP contribution < -0.4 is 10.1 Å². The average Bonchev–Trinajstić information content (AvgIpc) is 2.53. The monoisotopic (exact) mass is 351 g/mol. The maximum absolute atomic E-state index is 13.0. The van der Waals surface area contributed by atoms with Crippen LogP contribution in [0.1, 0.15) is 30.0 Å². The highest BCUT2D eigenvalue weighted by atomic mass is 19.4. The molecule has 0 heterocycles. The first kappa shape index (κ1) is 18.8. The molecule has 0 aliphatic rings. The summed E-state index contributed by atoms with van der Waals surface area (Å²) < 4.78 is 44.8. The van der Waals surface area contributed by atoms with Gasteiger partial charge in [0.1, 0.15) is 5.75 Å². The zero-order valence-electron chi connectivity index (χ0n) is 14.3. The van der Waals surface area contributed by atoms with Gasteiger partial charge in [-0.05, 0) is 44.0 Å². The highest BCUT2D eigenvalue weighted by molar-refractivity contribution is 5.95. The number of rotatable bonds is 5. The van der Waals surface area contributed by atoms with Gasteiger partial charge in [-0.2, -0.15) is 13.2 Å².